The van der Waals surface area contributed by atoms with E-state index < -0.39 is 6.03 Å². The van der Waals surface area contributed by atoms with E-state index in [0.717, 1.165) is 0 Å². The van der Waals surface area contributed by atoms with Gasteiger partial charge in [0.2, 0.25) is 0 Å². The van der Waals surface area contributed by atoms with Crippen molar-refractivity contribution in [2.75, 3.05) is 10.2 Å². The van der Waals surface area contributed by atoms with Crippen LogP contribution in [-0.4, -0.2) is 23.0 Å². The van der Waals surface area contributed by atoms with Gasteiger partial charge in [0.15, 0.2) is 0 Å². The maximum absolute atomic E-state index is 13.6. The molecule has 0 unspecified atom stereocenters. The van der Waals surface area contributed by atoms with Crippen LogP contribution >= 0.6 is 23.2 Å². The molecular formula is C26H22Cl2N4O2. The number of rotatable bonds is 5. The van der Waals surface area contributed by atoms with Crippen molar-refractivity contribution in [2.24, 2.45) is 0 Å². The van der Waals surface area contributed by atoms with Crippen molar-refractivity contribution in [3.63, 3.8) is 0 Å². The predicted octanol–water partition coefficient (Wildman–Crippen LogP) is 7.05. The minimum Gasteiger partial charge on any atom is -0.349 e. The van der Waals surface area contributed by atoms with Crippen molar-refractivity contribution in [1.29, 1.82) is 0 Å². The number of urea groups is 1. The van der Waals surface area contributed by atoms with Gasteiger partial charge >= 0.3 is 6.03 Å². The molecule has 3 amide bonds. The quantitative estimate of drug-likeness (QED) is 0.313. The van der Waals surface area contributed by atoms with Crippen molar-refractivity contribution in [3.05, 3.63) is 94.6 Å². The lowest BCUT2D eigenvalue weighted by molar-refractivity contribution is 0.0938. The molecule has 0 aliphatic rings. The number of hydrogen-bond acceptors (Lipinski definition) is 3. The number of aromatic nitrogens is 1. The molecule has 0 radical (unpaired) electrons. The second kappa shape index (κ2) is 10.1. The first-order valence-electron chi connectivity index (χ1n) is 10.7. The average Bonchev–Trinajstić information content (AvgIpc) is 2.79. The van der Waals surface area contributed by atoms with Crippen LogP contribution in [0.25, 0.3) is 10.9 Å². The molecule has 1 aromatic heterocycles. The number of nitrogens with one attached hydrogen (secondary N) is 2. The summed E-state index contributed by atoms with van der Waals surface area (Å²) in [5.74, 6) is -0.369. The van der Waals surface area contributed by atoms with Gasteiger partial charge in [0.05, 0.1) is 27.6 Å². The number of carbonyl (C=O) groups is 2. The number of fused-ring (bicyclic) bond motifs is 1. The number of para-hydroxylation sites is 2. The maximum Gasteiger partial charge on any atom is 0.330 e. The highest BCUT2D eigenvalue weighted by atomic mass is 35.5. The van der Waals surface area contributed by atoms with E-state index in [0.29, 0.717) is 38.0 Å². The fourth-order valence-corrected chi connectivity index (χ4v) is 4.13. The Morgan fingerprint density at radius 2 is 1.47 bits per heavy atom. The van der Waals surface area contributed by atoms with Gasteiger partial charge in [-0.1, -0.05) is 59.6 Å². The molecule has 4 aromatic rings. The molecule has 2 N–H and O–H groups in total. The lowest BCUT2D eigenvalue weighted by Gasteiger charge is -2.24. The first-order valence-corrected chi connectivity index (χ1v) is 11.4. The Labute approximate surface area is 207 Å². The van der Waals surface area contributed by atoms with E-state index in [1.165, 1.54) is 6.07 Å². The Morgan fingerprint density at radius 1 is 0.882 bits per heavy atom. The summed E-state index contributed by atoms with van der Waals surface area (Å²) < 4.78 is 0. The largest absolute Gasteiger partial charge is 0.349 e. The summed E-state index contributed by atoms with van der Waals surface area (Å²) in [6.45, 7) is 3.71. The van der Waals surface area contributed by atoms with Crippen molar-refractivity contribution >= 4 is 63.1 Å². The summed E-state index contributed by atoms with van der Waals surface area (Å²) >= 11 is 12.7. The highest BCUT2D eigenvalue weighted by Gasteiger charge is 2.22. The molecule has 0 saturated carbocycles. The number of carbonyl (C=O) groups excluding carboxylic acids is 2. The Hall–Kier alpha value is -3.61. The van der Waals surface area contributed by atoms with Crippen LogP contribution in [0.5, 0.6) is 0 Å². The third kappa shape index (κ3) is 5.14. The van der Waals surface area contributed by atoms with Gasteiger partial charge in [-0.3, -0.25) is 9.69 Å². The number of halogens is 2. The molecule has 34 heavy (non-hydrogen) atoms. The Kier molecular flexibility index (Phi) is 7.01. The Bertz CT molecular complexity index is 1310. The molecule has 3 aromatic carbocycles. The van der Waals surface area contributed by atoms with Crippen molar-refractivity contribution < 1.29 is 9.59 Å². The number of amides is 3. The normalized spacial score (nSPS) is 10.9. The minimum absolute atomic E-state index is 0.0855. The SMILES string of the molecule is CC(C)NC(=O)c1cc(NC(=O)N(c2ccccc2)c2ccccc2)c2c(Cl)cc(Cl)cc2n1. The third-order valence-electron chi connectivity index (χ3n) is 4.95. The fourth-order valence-electron chi connectivity index (χ4n) is 3.55. The smallest absolute Gasteiger partial charge is 0.330 e. The summed E-state index contributed by atoms with van der Waals surface area (Å²) in [5.41, 5.74) is 2.24. The monoisotopic (exact) mass is 492 g/mol. The van der Waals surface area contributed by atoms with Gasteiger partial charge < -0.3 is 10.6 Å². The zero-order chi connectivity index (χ0) is 24.2. The third-order valence-corrected chi connectivity index (χ3v) is 5.47. The van der Waals surface area contributed by atoms with Gasteiger partial charge in [0.1, 0.15) is 5.69 Å². The van der Waals surface area contributed by atoms with Crippen molar-refractivity contribution in [3.8, 4) is 0 Å². The second-order valence-corrected chi connectivity index (χ2v) is 8.75. The van der Waals surface area contributed by atoms with E-state index >= 15 is 0 Å². The van der Waals surface area contributed by atoms with E-state index in [1.54, 1.807) is 17.0 Å². The van der Waals surface area contributed by atoms with Crippen LogP contribution in [-0.2, 0) is 0 Å². The van der Waals surface area contributed by atoms with Crippen LogP contribution in [0.15, 0.2) is 78.9 Å². The first kappa shape index (κ1) is 23.5. The molecule has 4 rings (SSSR count). The van der Waals surface area contributed by atoms with Crippen LogP contribution in [0.3, 0.4) is 0 Å². The van der Waals surface area contributed by atoms with Crippen LogP contribution < -0.4 is 15.5 Å². The van der Waals surface area contributed by atoms with Gasteiger partial charge in [0, 0.05) is 16.5 Å². The molecule has 172 valence electrons. The lowest BCUT2D eigenvalue weighted by Crippen LogP contribution is -2.32. The van der Waals surface area contributed by atoms with Gasteiger partial charge in [0.25, 0.3) is 5.91 Å². The first-order chi connectivity index (χ1) is 16.3. The molecule has 8 heteroatoms. The summed E-state index contributed by atoms with van der Waals surface area (Å²) in [7, 11) is 0. The number of nitrogens with zero attached hydrogens (tertiary/aromatic N) is 2. The standard InChI is InChI=1S/C26H22Cl2N4O2/c1-16(2)29-25(33)23-15-22(24-20(28)13-17(27)14-21(24)30-23)31-26(34)32(18-9-5-3-6-10-18)19-11-7-4-8-12-19/h3-16H,1-2H3,(H,29,33)(H,30,31,34). The van der Waals surface area contributed by atoms with Crippen LogP contribution in [0, 0.1) is 0 Å². The fraction of sp³-hybridized carbons (Fsp3) is 0.115. The molecule has 0 bridgehead atoms. The predicted molar refractivity (Wildman–Crippen MR) is 138 cm³/mol. The summed E-state index contributed by atoms with van der Waals surface area (Å²) in [5, 5.41) is 6.92. The van der Waals surface area contributed by atoms with Crippen molar-refractivity contribution in [2.45, 2.75) is 19.9 Å². The number of benzene rings is 3. The van der Waals surface area contributed by atoms with Gasteiger partial charge in [-0.05, 0) is 56.3 Å². The molecule has 0 fully saturated rings. The number of hydrogen-bond donors (Lipinski definition) is 2. The van der Waals surface area contributed by atoms with E-state index in [4.69, 9.17) is 23.2 Å². The van der Waals surface area contributed by atoms with Gasteiger partial charge in [-0.15, -0.1) is 0 Å². The minimum atomic E-state index is -0.425. The molecule has 6 nitrogen and oxygen atoms in total. The second-order valence-electron chi connectivity index (χ2n) is 7.90. The Balaban J connectivity index is 1.82. The average molecular weight is 493 g/mol. The molecule has 0 aliphatic heterocycles. The molecule has 0 atom stereocenters. The van der Waals surface area contributed by atoms with E-state index in [9.17, 15) is 9.59 Å². The summed E-state index contributed by atoms with van der Waals surface area (Å²) in [4.78, 5) is 32.3. The molecule has 0 saturated heterocycles. The summed E-state index contributed by atoms with van der Waals surface area (Å²) in [6.07, 6.45) is 0. The summed E-state index contributed by atoms with van der Waals surface area (Å²) in [6, 6.07) is 22.7. The van der Waals surface area contributed by atoms with Crippen LogP contribution in [0.4, 0.5) is 21.9 Å². The Morgan fingerprint density at radius 3 is 2.03 bits per heavy atom. The van der Waals surface area contributed by atoms with E-state index in [1.807, 2.05) is 74.5 Å². The van der Waals surface area contributed by atoms with Crippen LogP contribution in [0.2, 0.25) is 10.0 Å². The molecule has 0 spiro atoms. The maximum atomic E-state index is 13.6. The molecule has 0 aliphatic carbocycles. The molecule has 1 heterocycles. The number of anilines is 3. The lowest BCUT2D eigenvalue weighted by atomic mass is 10.1. The topological polar surface area (TPSA) is 74.3 Å². The molecular weight excluding hydrogens is 471 g/mol. The highest BCUT2D eigenvalue weighted by Crippen LogP contribution is 2.34. The zero-order valence-electron chi connectivity index (χ0n) is 18.5. The zero-order valence-corrected chi connectivity index (χ0v) is 20.1. The van der Waals surface area contributed by atoms with Crippen LogP contribution in [0.1, 0.15) is 24.3 Å². The highest BCUT2D eigenvalue weighted by molar-refractivity contribution is 6.39. The van der Waals surface area contributed by atoms with E-state index in [2.05, 4.69) is 15.6 Å². The van der Waals surface area contributed by atoms with Gasteiger partial charge in [-0.2, -0.15) is 0 Å². The van der Waals surface area contributed by atoms with E-state index in [-0.39, 0.29) is 17.6 Å². The van der Waals surface area contributed by atoms with Crippen molar-refractivity contribution in [1.82, 2.24) is 10.3 Å². The van der Waals surface area contributed by atoms with Gasteiger partial charge in [-0.25, -0.2) is 9.78 Å². The number of pyridine rings is 1.